The number of carbonyl (C=O) groups excluding carboxylic acids is 2. The number of ether oxygens (including phenoxy) is 2. The van der Waals surface area contributed by atoms with E-state index in [0.29, 0.717) is 12.3 Å². The highest BCUT2D eigenvalue weighted by molar-refractivity contribution is 7.89. The number of nitrogens with one attached hydrogen (secondary N) is 1. The topological polar surface area (TPSA) is 125 Å². The van der Waals surface area contributed by atoms with Gasteiger partial charge in [-0.1, -0.05) is 62.7 Å². The molecule has 0 bridgehead atoms. The van der Waals surface area contributed by atoms with Gasteiger partial charge >= 0.3 is 6.09 Å². The number of amides is 2. The summed E-state index contributed by atoms with van der Waals surface area (Å²) in [4.78, 5) is 28.3. The van der Waals surface area contributed by atoms with Crippen molar-refractivity contribution in [3.63, 3.8) is 0 Å². The minimum absolute atomic E-state index is 0.0157. The third-order valence-electron chi connectivity index (χ3n) is 7.48. The molecule has 1 aliphatic heterocycles. The third kappa shape index (κ3) is 8.56. The number of rotatable bonds is 15. The van der Waals surface area contributed by atoms with Crippen molar-refractivity contribution in [1.29, 1.82) is 0 Å². The van der Waals surface area contributed by atoms with Gasteiger partial charge in [-0.3, -0.25) is 9.69 Å². The molecule has 2 unspecified atom stereocenters. The Morgan fingerprint density at radius 1 is 1.16 bits per heavy atom. The molecule has 4 rings (SSSR count). The van der Waals surface area contributed by atoms with Gasteiger partial charge < -0.3 is 19.9 Å². The van der Waals surface area contributed by atoms with Crippen LogP contribution in [0.3, 0.4) is 0 Å². The van der Waals surface area contributed by atoms with Crippen molar-refractivity contribution in [3.05, 3.63) is 82.6 Å². The highest BCUT2D eigenvalue weighted by Gasteiger charge is 2.38. The molecule has 0 spiro atoms. The van der Waals surface area contributed by atoms with E-state index in [9.17, 15) is 23.1 Å². The Morgan fingerprint density at radius 2 is 1.93 bits per heavy atom. The van der Waals surface area contributed by atoms with Gasteiger partial charge in [0, 0.05) is 24.0 Å². The van der Waals surface area contributed by atoms with E-state index in [4.69, 9.17) is 9.47 Å². The SMILES string of the molecule is CC[C@@H](C)CN(CC(O)C(Cc1ccccc1)NC(=O)[C@@H]1CN(Cc2cccs2)C(=O)O1)S(=O)(=O)c1cccc(OC)c1. The van der Waals surface area contributed by atoms with Crippen LogP contribution in [0.1, 0.15) is 30.7 Å². The van der Waals surface area contributed by atoms with E-state index in [-0.39, 0.29) is 36.9 Å². The molecule has 232 valence electrons. The average Bonchev–Trinajstić information content (AvgIpc) is 3.66. The maximum atomic E-state index is 13.8. The van der Waals surface area contributed by atoms with Crippen LogP contribution in [0.2, 0.25) is 0 Å². The summed E-state index contributed by atoms with van der Waals surface area (Å²) in [6.07, 6.45) is -1.94. The second-order valence-electron chi connectivity index (χ2n) is 10.7. The molecule has 2 aromatic carbocycles. The van der Waals surface area contributed by atoms with Crippen LogP contribution in [-0.4, -0.2) is 79.7 Å². The maximum Gasteiger partial charge on any atom is 0.411 e. The number of benzene rings is 2. The Morgan fingerprint density at radius 3 is 2.60 bits per heavy atom. The largest absolute Gasteiger partial charge is 0.497 e. The lowest BCUT2D eigenvalue weighted by Crippen LogP contribution is -2.53. The lowest BCUT2D eigenvalue weighted by Gasteiger charge is -2.31. The van der Waals surface area contributed by atoms with Gasteiger partial charge in [0.05, 0.1) is 37.2 Å². The monoisotopic (exact) mass is 629 g/mol. The molecule has 3 aromatic rings. The summed E-state index contributed by atoms with van der Waals surface area (Å²) >= 11 is 1.51. The predicted octanol–water partition coefficient (Wildman–Crippen LogP) is 3.90. The number of hydrogen-bond acceptors (Lipinski definition) is 8. The van der Waals surface area contributed by atoms with Crippen LogP contribution < -0.4 is 10.1 Å². The van der Waals surface area contributed by atoms with Crippen molar-refractivity contribution in [2.24, 2.45) is 5.92 Å². The molecule has 1 aromatic heterocycles. The lowest BCUT2D eigenvalue weighted by atomic mass is 10.0. The molecule has 0 aliphatic carbocycles. The average molecular weight is 630 g/mol. The van der Waals surface area contributed by atoms with Crippen LogP contribution in [0.5, 0.6) is 5.75 Å². The smallest absolute Gasteiger partial charge is 0.411 e. The second kappa shape index (κ2) is 14.8. The molecule has 2 heterocycles. The number of sulfonamides is 1. The zero-order valence-corrected chi connectivity index (χ0v) is 26.2. The number of carbonyl (C=O) groups is 2. The summed E-state index contributed by atoms with van der Waals surface area (Å²) in [6.45, 7) is 4.25. The Bertz CT molecular complexity index is 1450. The molecule has 1 aliphatic rings. The van der Waals surface area contributed by atoms with Crippen LogP contribution in [0, 0.1) is 5.92 Å². The van der Waals surface area contributed by atoms with Crippen molar-refractivity contribution in [2.45, 2.75) is 56.4 Å². The van der Waals surface area contributed by atoms with Crippen LogP contribution in [-0.2, 0) is 32.5 Å². The lowest BCUT2D eigenvalue weighted by molar-refractivity contribution is -0.129. The molecule has 4 atom stereocenters. The number of methoxy groups -OCH3 is 1. The van der Waals surface area contributed by atoms with Crippen LogP contribution in [0.25, 0.3) is 0 Å². The van der Waals surface area contributed by atoms with E-state index in [1.807, 2.05) is 61.7 Å². The highest BCUT2D eigenvalue weighted by Crippen LogP contribution is 2.24. The molecule has 0 saturated carbocycles. The molecule has 10 nitrogen and oxygen atoms in total. The van der Waals surface area contributed by atoms with Crippen molar-refractivity contribution in [2.75, 3.05) is 26.7 Å². The zero-order valence-electron chi connectivity index (χ0n) is 24.6. The van der Waals surface area contributed by atoms with E-state index >= 15 is 0 Å². The van der Waals surface area contributed by atoms with Gasteiger partial charge in [-0.05, 0) is 41.5 Å². The van der Waals surface area contributed by atoms with Gasteiger partial charge in [-0.2, -0.15) is 4.31 Å². The summed E-state index contributed by atoms with van der Waals surface area (Å²) in [5.41, 5.74) is 0.846. The summed E-state index contributed by atoms with van der Waals surface area (Å²) in [6, 6.07) is 18.4. The van der Waals surface area contributed by atoms with Crippen molar-refractivity contribution < 1.29 is 32.6 Å². The molecule has 1 saturated heterocycles. The Kier molecular flexibility index (Phi) is 11.2. The van der Waals surface area contributed by atoms with Crippen molar-refractivity contribution in [1.82, 2.24) is 14.5 Å². The third-order valence-corrected chi connectivity index (χ3v) is 10.2. The standard InChI is InChI=1S/C31H39N3O7S2/c1-4-22(2)18-34(43(38,39)26-14-8-12-24(17-26)40-3)20-28(35)27(16-23-10-6-5-7-11-23)32-30(36)29-21-33(31(37)41-29)19-25-13-9-15-42-25/h5-15,17,22,27-29,35H,4,16,18-21H2,1-3H3,(H,32,36)/t22-,27?,28?,29+/m1/s1. The van der Waals surface area contributed by atoms with Crippen LogP contribution in [0.15, 0.2) is 77.0 Å². The van der Waals surface area contributed by atoms with E-state index in [0.717, 1.165) is 16.9 Å². The first-order valence-corrected chi connectivity index (χ1v) is 16.6. The number of aliphatic hydroxyl groups is 1. The number of nitrogens with zero attached hydrogens (tertiary/aromatic N) is 2. The van der Waals surface area contributed by atoms with Gasteiger partial charge in [-0.15, -0.1) is 11.3 Å². The highest BCUT2D eigenvalue weighted by atomic mass is 32.2. The summed E-state index contributed by atoms with van der Waals surface area (Å²) < 4.78 is 39.5. The molecule has 43 heavy (non-hydrogen) atoms. The molecule has 0 radical (unpaired) electrons. The molecular weight excluding hydrogens is 590 g/mol. The molecule has 12 heteroatoms. The fourth-order valence-corrected chi connectivity index (χ4v) is 7.12. The van der Waals surface area contributed by atoms with Gasteiger partial charge in [0.15, 0.2) is 6.10 Å². The quantitative estimate of drug-likeness (QED) is 0.261. The summed E-state index contributed by atoms with van der Waals surface area (Å²) in [5, 5.41) is 16.3. The van der Waals surface area contributed by atoms with Crippen molar-refractivity contribution in [3.8, 4) is 5.75 Å². The van der Waals surface area contributed by atoms with Crippen molar-refractivity contribution >= 4 is 33.4 Å². The van der Waals surface area contributed by atoms with E-state index in [1.54, 1.807) is 12.1 Å². The first kappa shape index (κ1) is 32.5. The zero-order chi connectivity index (χ0) is 31.0. The first-order valence-electron chi connectivity index (χ1n) is 14.2. The number of thiophene rings is 1. The molecule has 2 N–H and O–H groups in total. The second-order valence-corrected chi connectivity index (χ2v) is 13.7. The number of hydrogen-bond donors (Lipinski definition) is 2. The Hall–Kier alpha value is -3.45. The first-order chi connectivity index (χ1) is 20.6. The fraction of sp³-hybridized carbons (Fsp3) is 0.419. The predicted molar refractivity (Wildman–Crippen MR) is 164 cm³/mol. The van der Waals surface area contributed by atoms with E-state index < -0.39 is 40.3 Å². The van der Waals surface area contributed by atoms with Gasteiger partial charge in [0.1, 0.15) is 5.75 Å². The minimum atomic E-state index is -4.02. The molecular formula is C31H39N3O7S2. The Balaban J connectivity index is 1.54. The number of aliphatic hydroxyl groups excluding tert-OH is 1. The summed E-state index contributed by atoms with van der Waals surface area (Å²) in [5.74, 6) is -0.133. The number of cyclic esters (lactones) is 1. The summed E-state index contributed by atoms with van der Waals surface area (Å²) in [7, 11) is -2.55. The van der Waals surface area contributed by atoms with Gasteiger partial charge in [-0.25, -0.2) is 13.2 Å². The maximum absolute atomic E-state index is 13.8. The van der Waals surface area contributed by atoms with Crippen LogP contribution in [0.4, 0.5) is 4.79 Å². The van der Waals surface area contributed by atoms with Gasteiger partial charge in [0.2, 0.25) is 10.0 Å². The molecule has 1 fully saturated rings. The normalized spacial score (nSPS) is 17.4. The Labute approximate surface area is 257 Å². The van der Waals surface area contributed by atoms with E-state index in [1.165, 1.54) is 39.8 Å². The fourth-order valence-electron chi connectivity index (χ4n) is 4.79. The van der Waals surface area contributed by atoms with E-state index in [2.05, 4.69) is 5.32 Å². The van der Waals surface area contributed by atoms with Crippen LogP contribution >= 0.6 is 11.3 Å². The molecule has 2 amide bonds. The minimum Gasteiger partial charge on any atom is -0.497 e. The van der Waals surface area contributed by atoms with Gasteiger partial charge in [0.25, 0.3) is 5.91 Å².